The van der Waals surface area contributed by atoms with Gasteiger partial charge < -0.3 is 4.57 Å². The maximum Gasteiger partial charge on any atom is 0.202 e. The summed E-state index contributed by atoms with van der Waals surface area (Å²) in [6.07, 6.45) is 0. The molecule has 0 fully saturated rings. The van der Waals surface area contributed by atoms with Crippen molar-refractivity contribution in [1.29, 1.82) is 0 Å². The highest BCUT2D eigenvalue weighted by molar-refractivity contribution is 8.03. The van der Waals surface area contributed by atoms with Crippen LogP contribution < -0.4 is 20.9 Å². The zero-order valence-corrected chi connectivity index (χ0v) is 30.4. The number of hydrogen-bond donors (Lipinski definition) is 0. The Labute approximate surface area is 308 Å². The molecule has 7 aromatic carbocycles. The van der Waals surface area contributed by atoms with Crippen molar-refractivity contribution in [1.82, 2.24) is 4.57 Å². The second kappa shape index (κ2) is 12.2. The lowest BCUT2D eigenvalue weighted by Crippen LogP contribution is -2.77. The minimum absolute atomic E-state index is 0.590. The van der Waals surface area contributed by atoms with Gasteiger partial charge in [-0.1, -0.05) is 199 Å². The zero-order chi connectivity index (χ0) is 33.8. The fourth-order valence-electron chi connectivity index (χ4n) is 8.69. The molecule has 0 saturated heterocycles. The lowest BCUT2D eigenvalue weighted by molar-refractivity contribution is 0.657. The molecule has 0 N–H and O–H groups in total. The lowest BCUT2D eigenvalue weighted by atomic mass is 9.67. The first kappa shape index (κ1) is 30.6. The molecular weight excluding hydrogens is 671 g/mol. The van der Waals surface area contributed by atoms with E-state index >= 15 is 0 Å². The second-order valence-corrected chi connectivity index (χ2v) is 19.0. The van der Waals surface area contributed by atoms with Crippen molar-refractivity contribution in [3.63, 3.8) is 0 Å². The second-order valence-electron chi connectivity index (χ2n) is 13.2. The van der Waals surface area contributed by atoms with E-state index in [0.29, 0.717) is 0 Å². The van der Waals surface area contributed by atoms with Crippen LogP contribution >= 0.6 is 23.5 Å². The van der Waals surface area contributed by atoms with E-state index in [2.05, 4.69) is 205 Å². The molecule has 0 radical (unpaired) electrons. The molecule has 0 spiro atoms. The highest BCUT2D eigenvalue weighted by atomic mass is 32.2. The molecule has 242 valence electrons. The molecule has 0 aliphatic carbocycles. The summed E-state index contributed by atoms with van der Waals surface area (Å²) in [5, 5.41) is 5.66. The van der Waals surface area contributed by atoms with Crippen LogP contribution in [0.25, 0.3) is 5.69 Å². The third-order valence-electron chi connectivity index (χ3n) is 10.6. The SMILES string of the molecule is c1ccc(-n2c3c(c4c2[Si](c2ccccc2)(c2ccccc2)c2ccccc2S4)Sc2ccccc2C3(c2ccccc2)c2ccccc2)cc1. The van der Waals surface area contributed by atoms with Gasteiger partial charge in [0.1, 0.15) is 0 Å². The van der Waals surface area contributed by atoms with Gasteiger partial charge in [0.2, 0.25) is 8.07 Å². The van der Waals surface area contributed by atoms with Crippen molar-refractivity contribution < 1.29 is 0 Å². The monoisotopic (exact) mass is 703 g/mol. The Morgan fingerprint density at radius 1 is 0.412 bits per heavy atom. The Hall–Kier alpha value is -5.26. The molecule has 1 aromatic heterocycles. The van der Waals surface area contributed by atoms with Crippen molar-refractivity contribution >= 4 is 52.5 Å². The van der Waals surface area contributed by atoms with Crippen LogP contribution in [-0.2, 0) is 5.41 Å². The van der Waals surface area contributed by atoms with Gasteiger partial charge in [-0.3, -0.25) is 0 Å². The van der Waals surface area contributed by atoms with Crippen LogP contribution in [0, 0.1) is 0 Å². The number of para-hydroxylation sites is 1. The maximum atomic E-state index is 2.72. The van der Waals surface area contributed by atoms with E-state index in [1.165, 1.54) is 68.5 Å². The molecule has 0 amide bonds. The standard InChI is InChI=1S/C47H33NS2Si/c1-6-20-34(21-7-1)47(35-22-8-2-9-23-35)39-30-16-17-31-40(39)49-43-44-46(48(45(43)47)36-24-10-3-11-25-36)51(37-26-12-4-13-27-37,38-28-14-5-15-29-38)42-33-19-18-32-41(42)50-44/h1-33H. The zero-order valence-electron chi connectivity index (χ0n) is 27.8. The van der Waals surface area contributed by atoms with Gasteiger partial charge in [-0.15, -0.1) is 0 Å². The number of fused-ring (bicyclic) bond motifs is 5. The quantitative estimate of drug-likeness (QED) is 0.165. The summed E-state index contributed by atoms with van der Waals surface area (Å²) in [6.45, 7) is 0. The number of rotatable bonds is 5. The van der Waals surface area contributed by atoms with Crippen molar-refractivity contribution in [2.24, 2.45) is 0 Å². The Balaban J connectivity index is 1.48. The maximum absolute atomic E-state index is 2.96. The van der Waals surface area contributed by atoms with Crippen molar-refractivity contribution in [3.8, 4) is 5.69 Å². The van der Waals surface area contributed by atoms with Gasteiger partial charge >= 0.3 is 0 Å². The van der Waals surface area contributed by atoms with Gasteiger partial charge in [0.25, 0.3) is 0 Å². The number of aromatic nitrogens is 1. The van der Waals surface area contributed by atoms with Gasteiger partial charge in [0.15, 0.2) is 0 Å². The molecule has 3 heterocycles. The van der Waals surface area contributed by atoms with E-state index in [0.717, 1.165) is 0 Å². The summed E-state index contributed by atoms with van der Waals surface area (Å²) in [7, 11) is -2.96. The molecule has 0 saturated carbocycles. The first-order valence-electron chi connectivity index (χ1n) is 17.4. The van der Waals surface area contributed by atoms with E-state index in [4.69, 9.17) is 0 Å². The average Bonchev–Trinajstić information content (AvgIpc) is 3.54. The van der Waals surface area contributed by atoms with Crippen LogP contribution in [0.2, 0.25) is 0 Å². The molecule has 0 atom stereocenters. The van der Waals surface area contributed by atoms with Gasteiger partial charge in [0.05, 0.1) is 11.1 Å². The minimum atomic E-state index is -2.96. The third kappa shape index (κ3) is 4.37. The third-order valence-corrected chi connectivity index (χ3v) is 18.3. The largest absolute Gasteiger partial charge is 0.317 e. The van der Waals surface area contributed by atoms with Crippen molar-refractivity contribution in [3.05, 3.63) is 223 Å². The Morgan fingerprint density at radius 2 is 0.863 bits per heavy atom. The predicted octanol–water partition coefficient (Wildman–Crippen LogP) is 9.17. The normalized spacial score (nSPS) is 14.8. The highest BCUT2D eigenvalue weighted by Gasteiger charge is 2.56. The van der Waals surface area contributed by atoms with E-state index < -0.39 is 13.5 Å². The predicted molar refractivity (Wildman–Crippen MR) is 216 cm³/mol. The molecule has 51 heavy (non-hydrogen) atoms. The van der Waals surface area contributed by atoms with E-state index in [1.807, 2.05) is 23.5 Å². The Kier molecular flexibility index (Phi) is 7.31. The first-order chi connectivity index (χ1) is 25.3. The number of benzene rings is 7. The molecule has 1 nitrogen and oxygen atoms in total. The summed E-state index contributed by atoms with van der Waals surface area (Å²) in [6, 6.07) is 74.8. The molecule has 2 aliphatic heterocycles. The fourth-order valence-corrected chi connectivity index (χ4v) is 17.4. The van der Waals surface area contributed by atoms with Crippen LogP contribution in [-0.4, -0.2) is 12.6 Å². The molecule has 0 unspecified atom stereocenters. The highest BCUT2D eigenvalue weighted by Crippen LogP contribution is 2.59. The van der Waals surface area contributed by atoms with Gasteiger partial charge in [-0.25, -0.2) is 0 Å². The molecule has 4 heteroatoms. The summed E-state index contributed by atoms with van der Waals surface area (Å²) in [4.78, 5) is 5.38. The van der Waals surface area contributed by atoms with E-state index in [9.17, 15) is 0 Å². The Bertz CT molecular complexity index is 2280. The minimum Gasteiger partial charge on any atom is -0.317 e. The fraction of sp³-hybridized carbons (Fsp3) is 0.0213. The van der Waals surface area contributed by atoms with Gasteiger partial charge in [0, 0.05) is 30.6 Å². The molecule has 10 rings (SSSR count). The van der Waals surface area contributed by atoms with E-state index in [1.54, 1.807) is 0 Å². The van der Waals surface area contributed by atoms with Crippen molar-refractivity contribution in [2.75, 3.05) is 0 Å². The van der Waals surface area contributed by atoms with Gasteiger partial charge in [-0.2, -0.15) is 0 Å². The molecule has 2 aliphatic rings. The Morgan fingerprint density at radius 3 is 1.45 bits per heavy atom. The van der Waals surface area contributed by atoms with Crippen LogP contribution in [0.1, 0.15) is 22.4 Å². The average molecular weight is 704 g/mol. The first-order valence-corrected chi connectivity index (χ1v) is 21.1. The topological polar surface area (TPSA) is 4.93 Å². The lowest BCUT2D eigenvalue weighted by Gasteiger charge is -2.42. The summed E-state index contributed by atoms with van der Waals surface area (Å²) < 4.78 is 2.72. The molecule has 0 bridgehead atoms. The summed E-state index contributed by atoms with van der Waals surface area (Å²) in [5.74, 6) is 0. The van der Waals surface area contributed by atoms with E-state index in [-0.39, 0.29) is 0 Å². The summed E-state index contributed by atoms with van der Waals surface area (Å²) in [5.41, 5.74) is 5.78. The van der Waals surface area contributed by atoms with Crippen LogP contribution in [0.15, 0.2) is 220 Å². The molecule has 8 aromatic rings. The smallest absolute Gasteiger partial charge is 0.202 e. The van der Waals surface area contributed by atoms with Crippen LogP contribution in [0.5, 0.6) is 0 Å². The molecular formula is C47H33NS2Si. The van der Waals surface area contributed by atoms with Gasteiger partial charge in [-0.05, 0) is 56.5 Å². The number of hydrogen-bond acceptors (Lipinski definition) is 2. The number of nitrogens with zero attached hydrogens (tertiary/aromatic N) is 1. The summed E-state index contributed by atoms with van der Waals surface area (Å²) >= 11 is 3.91. The van der Waals surface area contributed by atoms with Crippen LogP contribution in [0.4, 0.5) is 0 Å². The van der Waals surface area contributed by atoms with Crippen molar-refractivity contribution in [2.45, 2.75) is 25.0 Å². The van der Waals surface area contributed by atoms with Crippen LogP contribution in [0.3, 0.4) is 0 Å².